The average Bonchev–Trinajstić information content (AvgIpc) is 3.00. The Morgan fingerprint density at radius 2 is 1.55 bits per heavy atom. The van der Waals surface area contributed by atoms with Crippen LogP contribution in [0.4, 0.5) is 10.5 Å². The van der Waals surface area contributed by atoms with Gasteiger partial charge in [-0.1, -0.05) is 40.7 Å². The molecular weight excluding hydrogens is 614 g/mol. The lowest BCUT2D eigenvalue weighted by Gasteiger charge is -2.25. The standard InChI is InChI=1S/C25H37N5O8.C4H10N2O.C2H6/c1-14(2)23(29-21(33)12-30(6)15(3)4)25(37)26-10-20(32)28-18-8-7-17(13-38-16(5)31)19(9-18)24(36)27-11-22(34)35;1-2-3-6-4(5)7;1-2/h7-9,14-15,23H,10-13H2,1-6H3,(H,26,37)(H,27,36)(H,28,32)(H,29,33)(H,34,35);2-3H2,1H3,(H3,5,6,7);1-2H3. The number of hydrogen-bond donors (Lipinski definition) is 7. The zero-order chi connectivity index (χ0) is 36.7. The molecule has 0 radical (unpaired) electrons. The average molecular weight is 668 g/mol. The molecule has 0 spiro atoms. The number of likely N-dealkylation sites (N-methyl/N-ethyl adjacent to an activating group) is 1. The van der Waals surface area contributed by atoms with Crippen molar-refractivity contribution in [2.75, 3.05) is 38.5 Å². The maximum atomic E-state index is 12.7. The van der Waals surface area contributed by atoms with Gasteiger partial charge in [0, 0.05) is 36.3 Å². The number of nitrogens with two attached hydrogens (primary N) is 1. The predicted molar refractivity (Wildman–Crippen MR) is 177 cm³/mol. The molecule has 16 heteroatoms. The van der Waals surface area contributed by atoms with Crippen molar-refractivity contribution >= 4 is 47.3 Å². The summed E-state index contributed by atoms with van der Waals surface area (Å²) < 4.78 is 4.93. The van der Waals surface area contributed by atoms with E-state index in [9.17, 15) is 33.6 Å². The summed E-state index contributed by atoms with van der Waals surface area (Å²) in [4.78, 5) is 83.6. The van der Waals surface area contributed by atoms with Crippen LogP contribution >= 0.6 is 0 Å². The third kappa shape index (κ3) is 20.8. The van der Waals surface area contributed by atoms with Gasteiger partial charge in [-0.3, -0.25) is 33.7 Å². The smallest absolute Gasteiger partial charge is 0.322 e. The van der Waals surface area contributed by atoms with Crippen LogP contribution in [0.1, 0.15) is 77.7 Å². The van der Waals surface area contributed by atoms with Crippen LogP contribution < -0.4 is 32.3 Å². The van der Waals surface area contributed by atoms with Gasteiger partial charge in [0.05, 0.1) is 13.1 Å². The van der Waals surface area contributed by atoms with E-state index in [0.717, 1.165) is 6.42 Å². The molecule has 266 valence electrons. The van der Waals surface area contributed by atoms with Crippen LogP contribution in [-0.4, -0.2) is 96.9 Å². The number of esters is 1. The van der Waals surface area contributed by atoms with Gasteiger partial charge >= 0.3 is 18.0 Å². The summed E-state index contributed by atoms with van der Waals surface area (Å²) in [5.41, 5.74) is 5.23. The largest absolute Gasteiger partial charge is 0.480 e. The molecule has 1 aromatic rings. The van der Waals surface area contributed by atoms with E-state index in [0.29, 0.717) is 12.1 Å². The number of hydrogen-bond acceptors (Lipinski definition) is 9. The highest BCUT2D eigenvalue weighted by Crippen LogP contribution is 2.17. The third-order valence-electron chi connectivity index (χ3n) is 5.98. The normalized spacial score (nSPS) is 10.7. The van der Waals surface area contributed by atoms with E-state index in [2.05, 4.69) is 26.6 Å². The number of aliphatic carboxylic acids is 1. The van der Waals surface area contributed by atoms with Crippen molar-refractivity contribution in [3.05, 3.63) is 29.3 Å². The fourth-order valence-electron chi connectivity index (χ4n) is 3.32. The molecule has 6 amide bonds. The molecule has 0 aromatic heterocycles. The van der Waals surface area contributed by atoms with Gasteiger partial charge in [-0.05, 0) is 45.4 Å². The zero-order valence-corrected chi connectivity index (χ0v) is 28.9. The van der Waals surface area contributed by atoms with Crippen molar-refractivity contribution in [3.8, 4) is 0 Å². The number of nitrogens with zero attached hydrogens (tertiary/aromatic N) is 1. The first-order valence-electron chi connectivity index (χ1n) is 15.3. The number of nitrogens with one attached hydrogen (secondary N) is 5. The van der Waals surface area contributed by atoms with Gasteiger partial charge in [0.15, 0.2) is 0 Å². The van der Waals surface area contributed by atoms with Gasteiger partial charge < -0.3 is 42.2 Å². The second-order valence-corrected chi connectivity index (χ2v) is 10.6. The van der Waals surface area contributed by atoms with Gasteiger partial charge in [-0.15, -0.1) is 0 Å². The van der Waals surface area contributed by atoms with Crippen LogP contribution in [0, 0.1) is 5.92 Å². The highest BCUT2D eigenvalue weighted by atomic mass is 16.5. The molecule has 1 aromatic carbocycles. The quantitative estimate of drug-likeness (QED) is 0.124. The van der Waals surface area contributed by atoms with Crippen LogP contribution in [-0.2, 0) is 35.3 Å². The number of anilines is 1. The van der Waals surface area contributed by atoms with E-state index >= 15 is 0 Å². The topological polar surface area (TPSA) is 238 Å². The van der Waals surface area contributed by atoms with Crippen LogP contribution in [0.2, 0.25) is 0 Å². The van der Waals surface area contributed by atoms with Crippen LogP contribution in [0.15, 0.2) is 18.2 Å². The number of ether oxygens (including phenoxy) is 1. The first-order valence-corrected chi connectivity index (χ1v) is 15.3. The highest BCUT2D eigenvalue weighted by molar-refractivity contribution is 6.00. The van der Waals surface area contributed by atoms with Gasteiger partial charge in [0.25, 0.3) is 5.91 Å². The monoisotopic (exact) mass is 667 g/mol. The molecule has 0 fully saturated rings. The molecule has 1 rings (SSSR count). The number of carbonyl (C=O) groups is 7. The Morgan fingerprint density at radius 1 is 0.936 bits per heavy atom. The zero-order valence-electron chi connectivity index (χ0n) is 28.9. The number of benzene rings is 1. The molecular formula is C31H53N7O9. The Balaban J connectivity index is 0. The fourth-order valence-corrected chi connectivity index (χ4v) is 3.32. The SMILES string of the molecule is CC.CC(=O)OCc1ccc(NC(=O)CNC(=O)C(NC(=O)CN(C)C(C)C)C(C)C)cc1C(=O)NCC(=O)O.CCCNC(N)=O. The predicted octanol–water partition coefficient (Wildman–Crippen LogP) is 1.19. The van der Waals surface area contributed by atoms with Gasteiger partial charge in [-0.2, -0.15) is 0 Å². The van der Waals surface area contributed by atoms with Crippen molar-refractivity contribution < 1.29 is 43.4 Å². The molecule has 0 saturated heterocycles. The second-order valence-electron chi connectivity index (χ2n) is 10.6. The van der Waals surface area contributed by atoms with E-state index < -0.39 is 54.8 Å². The van der Waals surface area contributed by atoms with Crippen LogP contribution in [0.5, 0.6) is 0 Å². The number of carboxylic acid groups (broad SMARTS) is 1. The highest BCUT2D eigenvalue weighted by Gasteiger charge is 2.25. The van der Waals surface area contributed by atoms with E-state index in [1.165, 1.54) is 25.1 Å². The van der Waals surface area contributed by atoms with Crippen LogP contribution in [0.3, 0.4) is 0 Å². The molecule has 0 bridgehead atoms. The molecule has 0 saturated carbocycles. The molecule has 0 aliphatic rings. The minimum atomic E-state index is -1.25. The maximum Gasteiger partial charge on any atom is 0.322 e. The number of rotatable bonds is 16. The van der Waals surface area contributed by atoms with Crippen molar-refractivity contribution in [1.29, 1.82) is 0 Å². The minimum Gasteiger partial charge on any atom is -0.480 e. The number of urea groups is 1. The Hall–Kier alpha value is -4.73. The number of carboxylic acids is 1. The Morgan fingerprint density at radius 3 is 2.02 bits per heavy atom. The van der Waals surface area contributed by atoms with Crippen molar-refractivity contribution in [3.63, 3.8) is 0 Å². The van der Waals surface area contributed by atoms with Gasteiger partial charge in [0.1, 0.15) is 19.2 Å². The summed E-state index contributed by atoms with van der Waals surface area (Å²) in [5, 5.41) is 21.2. The van der Waals surface area contributed by atoms with E-state index in [-0.39, 0.29) is 42.3 Å². The van der Waals surface area contributed by atoms with Crippen molar-refractivity contribution in [1.82, 2.24) is 26.2 Å². The Labute approximate surface area is 276 Å². The summed E-state index contributed by atoms with van der Waals surface area (Å²) in [6.45, 7) is 14.1. The lowest BCUT2D eigenvalue weighted by molar-refractivity contribution is -0.142. The van der Waals surface area contributed by atoms with Crippen molar-refractivity contribution in [2.45, 2.75) is 80.5 Å². The molecule has 0 heterocycles. The van der Waals surface area contributed by atoms with E-state index in [1.807, 2.05) is 39.5 Å². The second kappa shape index (κ2) is 24.5. The Bertz CT molecular complexity index is 1190. The molecule has 16 nitrogen and oxygen atoms in total. The molecule has 1 unspecified atom stereocenters. The van der Waals surface area contributed by atoms with Crippen molar-refractivity contribution in [2.24, 2.45) is 11.7 Å². The van der Waals surface area contributed by atoms with Gasteiger partial charge in [0.2, 0.25) is 17.7 Å². The van der Waals surface area contributed by atoms with E-state index in [1.54, 1.807) is 20.9 Å². The number of amides is 6. The number of carbonyl (C=O) groups excluding carboxylic acids is 6. The summed E-state index contributed by atoms with van der Waals surface area (Å²) in [7, 11) is 1.79. The molecule has 0 aliphatic heterocycles. The first kappa shape index (κ1) is 44.4. The summed E-state index contributed by atoms with van der Waals surface area (Å²) >= 11 is 0. The lowest BCUT2D eigenvalue weighted by Crippen LogP contribution is -2.53. The fraction of sp³-hybridized carbons (Fsp3) is 0.581. The van der Waals surface area contributed by atoms with Crippen LogP contribution in [0.25, 0.3) is 0 Å². The lowest BCUT2D eigenvalue weighted by atomic mass is 10.0. The Kier molecular flexibility index (Phi) is 23.1. The third-order valence-corrected chi connectivity index (χ3v) is 5.98. The molecule has 47 heavy (non-hydrogen) atoms. The van der Waals surface area contributed by atoms with Gasteiger partial charge in [-0.25, -0.2) is 4.79 Å². The summed E-state index contributed by atoms with van der Waals surface area (Å²) in [5.74, 6) is -4.24. The molecule has 1 atom stereocenters. The maximum absolute atomic E-state index is 12.7. The van der Waals surface area contributed by atoms with E-state index in [4.69, 9.17) is 15.6 Å². The molecule has 0 aliphatic carbocycles. The summed E-state index contributed by atoms with van der Waals surface area (Å²) in [6, 6.07) is 3.08. The number of primary amides is 1. The first-order chi connectivity index (χ1) is 22.0. The summed E-state index contributed by atoms with van der Waals surface area (Å²) in [6.07, 6.45) is 0.933. The minimum absolute atomic E-state index is 0.00304. The molecule has 8 N–H and O–H groups in total.